The summed E-state index contributed by atoms with van der Waals surface area (Å²) < 4.78 is 33.6. The number of rotatable bonds is 5. The minimum atomic E-state index is -3.78. The zero-order valence-electron chi connectivity index (χ0n) is 13.4. The Hall–Kier alpha value is -2.06. The number of hydrogen-bond donors (Lipinski definition) is 2. The molecule has 6 nitrogen and oxygen atoms in total. The molecule has 128 valence electrons. The first-order valence-corrected chi connectivity index (χ1v) is 9.25. The third-order valence-electron chi connectivity index (χ3n) is 3.20. The minimum absolute atomic E-state index is 0.0361. The lowest BCUT2D eigenvalue weighted by Gasteiger charge is -2.13. The molecule has 0 fully saturated rings. The highest BCUT2D eigenvalue weighted by molar-refractivity contribution is 9.10. The van der Waals surface area contributed by atoms with Crippen LogP contribution in [0.4, 0.5) is 11.4 Å². The Morgan fingerprint density at radius 1 is 1.17 bits per heavy atom. The summed E-state index contributed by atoms with van der Waals surface area (Å²) in [7, 11) is -2.37. The zero-order chi connectivity index (χ0) is 17.9. The van der Waals surface area contributed by atoms with Gasteiger partial charge in [-0.05, 0) is 42.8 Å². The highest BCUT2D eigenvalue weighted by Gasteiger charge is 2.17. The van der Waals surface area contributed by atoms with E-state index >= 15 is 0 Å². The van der Waals surface area contributed by atoms with Gasteiger partial charge in [0.2, 0.25) is 5.91 Å². The largest absolute Gasteiger partial charge is 0.495 e. The van der Waals surface area contributed by atoms with Crippen molar-refractivity contribution in [3.8, 4) is 5.75 Å². The highest BCUT2D eigenvalue weighted by atomic mass is 79.9. The van der Waals surface area contributed by atoms with Crippen LogP contribution in [0.3, 0.4) is 0 Å². The van der Waals surface area contributed by atoms with E-state index < -0.39 is 10.0 Å². The molecule has 0 aliphatic rings. The Bertz CT molecular complexity index is 882. The summed E-state index contributed by atoms with van der Waals surface area (Å²) in [6.07, 6.45) is 0. The van der Waals surface area contributed by atoms with Crippen LogP contribution in [0.5, 0.6) is 5.75 Å². The Kier molecular flexibility index (Phi) is 5.51. The van der Waals surface area contributed by atoms with Crippen LogP contribution in [0.2, 0.25) is 0 Å². The van der Waals surface area contributed by atoms with Crippen molar-refractivity contribution >= 4 is 43.2 Å². The van der Waals surface area contributed by atoms with Crippen LogP contribution in [-0.4, -0.2) is 21.4 Å². The lowest BCUT2D eigenvalue weighted by molar-refractivity contribution is -0.114. The first kappa shape index (κ1) is 18.3. The van der Waals surface area contributed by atoms with Crippen LogP contribution >= 0.6 is 15.9 Å². The summed E-state index contributed by atoms with van der Waals surface area (Å²) >= 11 is 3.37. The first-order chi connectivity index (χ1) is 11.2. The van der Waals surface area contributed by atoms with Crippen molar-refractivity contribution in [2.75, 3.05) is 17.1 Å². The number of halogens is 1. The summed E-state index contributed by atoms with van der Waals surface area (Å²) in [5, 5.41) is 2.58. The van der Waals surface area contributed by atoms with Gasteiger partial charge in [0.25, 0.3) is 10.0 Å². The lowest BCUT2D eigenvalue weighted by Crippen LogP contribution is -2.14. The molecule has 8 heteroatoms. The van der Waals surface area contributed by atoms with Crippen molar-refractivity contribution in [3.63, 3.8) is 0 Å². The number of benzene rings is 2. The molecule has 0 bridgehead atoms. The van der Waals surface area contributed by atoms with Gasteiger partial charge < -0.3 is 10.1 Å². The quantitative estimate of drug-likeness (QED) is 0.786. The van der Waals surface area contributed by atoms with Gasteiger partial charge in [-0.2, -0.15) is 0 Å². The predicted octanol–water partition coefficient (Wildman–Crippen LogP) is 3.53. The van der Waals surface area contributed by atoms with Gasteiger partial charge in [-0.25, -0.2) is 8.42 Å². The number of ether oxygens (including phenoxy) is 1. The molecule has 24 heavy (non-hydrogen) atoms. The number of anilines is 2. The number of methoxy groups -OCH3 is 1. The second-order valence-corrected chi connectivity index (χ2v) is 7.65. The molecule has 0 radical (unpaired) electrons. The summed E-state index contributed by atoms with van der Waals surface area (Å²) in [6.45, 7) is 3.23. The smallest absolute Gasteiger partial charge is 0.262 e. The second kappa shape index (κ2) is 7.23. The van der Waals surface area contributed by atoms with E-state index in [1.807, 2.05) is 6.92 Å². The second-order valence-electron chi connectivity index (χ2n) is 5.11. The Labute approximate surface area is 149 Å². The van der Waals surface area contributed by atoms with E-state index in [0.29, 0.717) is 11.4 Å². The first-order valence-electron chi connectivity index (χ1n) is 6.97. The van der Waals surface area contributed by atoms with E-state index in [4.69, 9.17) is 4.74 Å². The molecule has 0 aliphatic heterocycles. The average Bonchev–Trinajstić information content (AvgIpc) is 2.50. The van der Waals surface area contributed by atoms with Crippen LogP contribution in [0.15, 0.2) is 45.8 Å². The SMILES string of the molecule is COc1cc(S(=O)(=O)Nc2ccc(Br)c(C)c2)ccc1NC(C)=O. The van der Waals surface area contributed by atoms with E-state index in [9.17, 15) is 13.2 Å². The molecule has 0 atom stereocenters. The molecular formula is C16H17BrN2O4S. The fourth-order valence-corrected chi connectivity index (χ4v) is 3.37. The number of aryl methyl sites for hydroxylation is 1. The molecule has 0 saturated carbocycles. The van der Waals surface area contributed by atoms with Gasteiger partial charge in [0, 0.05) is 23.2 Å². The summed E-state index contributed by atoms with van der Waals surface area (Å²) in [6, 6.07) is 9.42. The number of carbonyl (C=O) groups excluding carboxylic acids is 1. The van der Waals surface area contributed by atoms with E-state index in [2.05, 4.69) is 26.0 Å². The number of sulfonamides is 1. The minimum Gasteiger partial charge on any atom is -0.495 e. The molecule has 0 heterocycles. The van der Waals surface area contributed by atoms with Crippen LogP contribution < -0.4 is 14.8 Å². The van der Waals surface area contributed by atoms with Crippen molar-refractivity contribution in [1.82, 2.24) is 0 Å². The molecule has 0 aliphatic carbocycles. The van der Waals surface area contributed by atoms with Crippen LogP contribution in [0.25, 0.3) is 0 Å². The third kappa shape index (κ3) is 4.27. The number of amides is 1. The molecule has 2 N–H and O–H groups in total. The molecule has 0 unspecified atom stereocenters. The lowest BCUT2D eigenvalue weighted by atomic mass is 10.2. The van der Waals surface area contributed by atoms with Gasteiger partial charge in [-0.15, -0.1) is 0 Å². The van der Waals surface area contributed by atoms with Crippen molar-refractivity contribution < 1.29 is 17.9 Å². The van der Waals surface area contributed by atoms with Gasteiger partial charge in [0.15, 0.2) is 0 Å². The normalized spacial score (nSPS) is 11.0. The van der Waals surface area contributed by atoms with E-state index in [1.54, 1.807) is 18.2 Å². The number of carbonyl (C=O) groups is 1. The molecule has 2 rings (SSSR count). The van der Waals surface area contributed by atoms with Crippen molar-refractivity contribution in [2.24, 2.45) is 0 Å². The molecule has 0 spiro atoms. The number of hydrogen-bond acceptors (Lipinski definition) is 4. The van der Waals surface area contributed by atoms with Gasteiger partial charge >= 0.3 is 0 Å². The van der Waals surface area contributed by atoms with Crippen molar-refractivity contribution in [1.29, 1.82) is 0 Å². The maximum absolute atomic E-state index is 12.5. The Morgan fingerprint density at radius 3 is 2.46 bits per heavy atom. The summed E-state index contributed by atoms with van der Waals surface area (Å²) in [5.74, 6) is -0.00701. The van der Waals surface area contributed by atoms with Gasteiger partial charge in [-0.3, -0.25) is 9.52 Å². The van der Waals surface area contributed by atoms with Crippen LogP contribution in [0.1, 0.15) is 12.5 Å². The van der Waals surface area contributed by atoms with E-state index in [0.717, 1.165) is 10.0 Å². The van der Waals surface area contributed by atoms with Gasteiger partial charge in [-0.1, -0.05) is 15.9 Å². The summed E-state index contributed by atoms with van der Waals surface area (Å²) in [5.41, 5.74) is 1.78. The fourth-order valence-electron chi connectivity index (χ4n) is 2.05. The molecule has 2 aromatic rings. The molecular weight excluding hydrogens is 396 g/mol. The van der Waals surface area contributed by atoms with Crippen LogP contribution in [-0.2, 0) is 14.8 Å². The topological polar surface area (TPSA) is 84.5 Å². The van der Waals surface area contributed by atoms with Crippen LogP contribution in [0, 0.1) is 6.92 Å². The monoisotopic (exact) mass is 412 g/mol. The van der Waals surface area contributed by atoms with E-state index in [1.165, 1.54) is 32.2 Å². The molecule has 1 amide bonds. The molecule has 2 aromatic carbocycles. The van der Waals surface area contributed by atoms with Crippen molar-refractivity contribution in [3.05, 3.63) is 46.4 Å². The molecule has 0 aromatic heterocycles. The average molecular weight is 413 g/mol. The maximum Gasteiger partial charge on any atom is 0.262 e. The maximum atomic E-state index is 12.5. The third-order valence-corrected chi connectivity index (χ3v) is 5.47. The van der Waals surface area contributed by atoms with E-state index in [-0.39, 0.29) is 16.6 Å². The van der Waals surface area contributed by atoms with Crippen molar-refractivity contribution in [2.45, 2.75) is 18.7 Å². The number of nitrogens with one attached hydrogen (secondary N) is 2. The van der Waals surface area contributed by atoms with Gasteiger partial charge in [0.1, 0.15) is 5.75 Å². The Morgan fingerprint density at radius 2 is 1.88 bits per heavy atom. The molecule has 0 saturated heterocycles. The highest BCUT2D eigenvalue weighted by Crippen LogP contribution is 2.29. The summed E-state index contributed by atoms with van der Waals surface area (Å²) in [4.78, 5) is 11.2. The fraction of sp³-hybridized carbons (Fsp3) is 0.188. The van der Waals surface area contributed by atoms with Gasteiger partial charge in [0.05, 0.1) is 17.7 Å². The predicted molar refractivity (Wildman–Crippen MR) is 97.0 cm³/mol. The zero-order valence-corrected chi connectivity index (χ0v) is 15.8. The standard InChI is InChI=1S/C16H17BrN2O4S/c1-10-8-12(4-6-14(10)17)19-24(21,22)13-5-7-15(18-11(2)20)16(9-13)23-3/h4-9,19H,1-3H3,(H,18,20). The Balaban J connectivity index is 2.34.